The molecule has 1 aromatic carbocycles. The highest BCUT2D eigenvalue weighted by Gasteiger charge is 2.24. The molecule has 1 aliphatic rings. The second-order valence-electron chi connectivity index (χ2n) is 7.71. The Morgan fingerprint density at radius 1 is 1.15 bits per heavy atom. The molecule has 5 heteroatoms. The minimum absolute atomic E-state index is 0.0827. The van der Waals surface area contributed by atoms with Crippen LogP contribution in [0.2, 0.25) is 0 Å². The molecular weight excluding hydrogens is 324 g/mol. The first-order chi connectivity index (χ1) is 12.4. The van der Waals surface area contributed by atoms with E-state index >= 15 is 0 Å². The van der Waals surface area contributed by atoms with Gasteiger partial charge in [0.1, 0.15) is 0 Å². The van der Waals surface area contributed by atoms with Crippen molar-refractivity contribution in [2.24, 2.45) is 10.4 Å². The number of hydrogen-bond donors (Lipinski definition) is 2. The van der Waals surface area contributed by atoms with Gasteiger partial charge in [-0.2, -0.15) is 0 Å². The van der Waals surface area contributed by atoms with Gasteiger partial charge in [-0.05, 0) is 30.0 Å². The molecule has 1 heterocycles. The van der Waals surface area contributed by atoms with Gasteiger partial charge in [-0.25, -0.2) is 4.99 Å². The molecule has 0 radical (unpaired) electrons. The van der Waals surface area contributed by atoms with Gasteiger partial charge in [-0.15, -0.1) is 0 Å². The topological polar surface area (TPSA) is 48.9 Å². The molecule has 144 valence electrons. The Hall–Kier alpha value is -2.01. The van der Waals surface area contributed by atoms with E-state index in [1.54, 1.807) is 7.11 Å². The van der Waals surface area contributed by atoms with Crippen LogP contribution in [-0.2, 0) is 11.3 Å². The number of hydrogen-bond acceptors (Lipinski definition) is 3. The Morgan fingerprint density at radius 3 is 2.35 bits per heavy atom. The summed E-state index contributed by atoms with van der Waals surface area (Å²) < 4.78 is 5.61. The van der Waals surface area contributed by atoms with Gasteiger partial charge in [0.05, 0.1) is 12.6 Å². The van der Waals surface area contributed by atoms with Crippen LogP contribution in [0, 0.1) is 5.41 Å². The molecule has 0 amide bonds. The number of anilines is 1. The van der Waals surface area contributed by atoms with Crippen LogP contribution >= 0.6 is 0 Å². The predicted octanol–water partition coefficient (Wildman–Crippen LogP) is 3.18. The Labute approximate surface area is 158 Å². The first-order valence-electron chi connectivity index (χ1n) is 9.48. The number of nitrogens with one attached hydrogen (secondary N) is 2. The molecule has 0 saturated carbocycles. The zero-order valence-corrected chi connectivity index (χ0v) is 16.9. The van der Waals surface area contributed by atoms with Crippen LogP contribution in [0.1, 0.15) is 33.3 Å². The molecule has 1 aliphatic heterocycles. The standard InChI is InChI=1S/C21H34N4O/c1-6-22-20(24-16-19(26-5)21(2,3)4)23-15-17-9-11-18(12-10-17)25-13-7-8-14-25/h7-12,19H,6,13-16H2,1-5H3,(H2,22,23,24). The van der Waals surface area contributed by atoms with Crippen LogP contribution in [0.5, 0.6) is 0 Å². The van der Waals surface area contributed by atoms with E-state index in [2.05, 4.69) is 79.6 Å². The summed E-state index contributed by atoms with van der Waals surface area (Å²) in [7, 11) is 1.76. The third-order valence-electron chi connectivity index (χ3n) is 4.59. The molecule has 0 aliphatic carbocycles. The molecule has 0 aromatic heterocycles. The molecule has 1 aromatic rings. The molecule has 0 fully saturated rings. The van der Waals surface area contributed by atoms with Gasteiger partial charge in [0.15, 0.2) is 5.96 Å². The van der Waals surface area contributed by atoms with Crippen molar-refractivity contribution < 1.29 is 4.74 Å². The minimum atomic E-state index is 0.0827. The highest BCUT2D eigenvalue weighted by Crippen LogP contribution is 2.21. The summed E-state index contributed by atoms with van der Waals surface area (Å²) in [5.41, 5.74) is 2.55. The molecule has 1 unspecified atom stereocenters. The van der Waals surface area contributed by atoms with E-state index in [4.69, 9.17) is 9.73 Å². The largest absolute Gasteiger partial charge is 0.379 e. The second-order valence-corrected chi connectivity index (χ2v) is 7.71. The van der Waals surface area contributed by atoms with E-state index in [-0.39, 0.29) is 11.5 Å². The Morgan fingerprint density at radius 2 is 1.81 bits per heavy atom. The molecule has 26 heavy (non-hydrogen) atoms. The monoisotopic (exact) mass is 358 g/mol. The van der Waals surface area contributed by atoms with Crippen molar-refractivity contribution in [2.75, 3.05) is 38.2 Å². The number of aliphatic imine (C=N–C) groups is 1. The molecule has 0 saturated heterocycles. The number of methoxy groups -OCH3 is 1. The van der Waals surface area contributed by atoms with Gasteiger partial charge in [0, 0.05) is 39.0 Å². The molecule has 0 bridgehead atoms. The fraction of sp³-hybridized carbons (Fsp3) is 0.571. The third-order valence-corrected chi connectivity index (χ3v) is 4.59. The summed E-state index contributed by atoms with van der Waals surface area (Å²) in [5.74, 6) is 0.826. The molecule has 0 spiro atoms. The summed E-state index contributed by atoms with van der Waals surface area (Å²) in [6.45, 7) is 12.8. The number of ether oxygens (including phenoxy) is 1. The molecule has 1 atom stereocenters. The smallest absolute Gasteiger partial charge is 0.191 e. The third kappa shape index (κ3) is 6.06. The van der Waals surface area contributed by atoms with Gasteiger partial charge in [-0.1, -0.05) is 45.1 Å². The van der Waals surface area contributed by atoms with E-state index in [0.717, 1.165) is 32.1 Å². The maximum absolute atomic E-state index is 5.61. The van der Waals surface area contributed by atoms with Crippen molar-refractivity contribution in [3.05, 3.63) is 42.0 Å². The summed E-state index contributed by atoms with van der Waals surface area (Å²) in [5, 5.41) is 6.71. The lowest BCUT2D eigenvalue weighted by molar-refractivity contribution is 0.0205. The first-order valence-corrected chi connectivity index (χ1v) is 9.48. The Kier molecular flexibility index (Phi) is 7.51. The average Bonchev–Trinajstić information content (AvgIpc) is 3.14. The normalized spacial score (nSPS) is 16.0. The van der Waals surface area contributed by atoms with Crippen LogP contribution in [0.15, 0.2) is 41.4 Å². The van der Waals surface area contributed by atoms with Gasteiger partial charge in [0.2, 0.25) is 0 Å². The maximum atomic E-state index is 5.61. The highest BCUT2D eigenvalue weighted by molar-refractivity contribution is 5.79. The van der Waals surface area contributed by atoms with Gasteiger partial charge in [0.25, 0.3) is 0 Å². The zero-order valence-electron chi connectivity index (χ0n) is 16.9. The van der Waals surface area contributed by atoms with Crippen molar-refractivity contribution in [3.8, 4) is 0 Å². The van der Waals surface area contributed by atoms with Crippen molar-refractivity contribution in [1.82, 2.24) is 10.6 Å². The van der Waals surface area contributed by atoms with Gasteiger partial charge in [-0.3, -0.25) is 0 Å². The molecule has 5 nitrogen and oxygen atoms in total. The summed E-state index contributed by atoms with van der Waals surface area (Å²) in [6.07, 6.45) is 4.54. The van der Waals surface area contributed by atoms with Crippen LogP contribution in [0.3, 0.4) is 0 Å². The highest BCUT2D eigenvalue weighted by atomic mass is 16.5. The van der Waals surface area contributed by atoms with Crippen LogP contribution in [0.25, 0.3) is 0 Å². The van der Waals surface area contributed by atoms with Gasteiger partial charge < -0.3 is 20.3 Å². The van der Waals surface area contributed by atoms with Gasteiger partial charge >= 0.3 is 0 Å². The molecule has 2 rings (SSSR count). The van der Waals surface area contributed by atoms with Crippen LogP contribution in [0.4, 0.5) is 5.69 Å². The van der Waals surface area contributed by atoms with E-state index in [9.17, 15) is 0 Å². The van der Waals surface area contributed by atoms with Crippen molar-refractivity contribution in [3.63, 3.8) is 0 Å². The number of rotatable bonds is 7. The lowest BCUT2D eigenvalue weighted by Gasteiger charge is -2.30. The quantitative estimate of drug-likeness (QED) is 0.446. The van der Waals surface area contributed by atoms with Crippen LogP contribution in [-0.4, -0.2) is 45.4 Å². The zero-order chi connectivity index (χ0) is 19.0. The van der Waals surface area contributed by atoms with E-state index < -0.39 is 0 Å². The van der Waals surface area contributed by atoms with Crippen molar-refractivity contribution in [1.29, 1.82) is 0 Å². The summed E-state index contributed by atoms with van der Waals surface area (Å²) in [4.78, 5) is 7.06. The lowest BCUT2D eigenvalue weighted by atomic mass is 9.89. The van der Waals surface area contributed by atoms with E-state index in [1.165, 1.54) is 11.3 Å². The number of nitrogens with zero attached hydrogens (tertiary/aromatic N) is 2. The predicted molar refractivity (Wildman–Crippen MR) is 111 cm³/mol. The molecule has 2 N–H and O–H groups in total. The Bertz CT molecular complexity index is 593. The minimum Gasteiger partial charge on any atom is -0.379 e. The first kappa shape index (κ1) is 20.3. The Balaban J connectivity index is 1.93. The fourth-order valence-corrected chi connectivity index (χ4v) is 2.95. The van der Waals surface area contributed by atoms with E-state index in [1.807, 2.05) is 0 Å². The maximum Gasteiger partial charge on any atom is 0.191 e. The van der Waals surface area contributed by atoms with Crippen molar-refractivity contribution >= 4 is 11.6 Å². The average molecular weight is 359 g/mol. The van der Waals surface area contributed by atoms with Crippen molar-refractivity contribution in [2.45, 2.75) is 40.3 Å². The molecular formula is C21H34N4O. The van der Waals surface area contributed by atoms with Crippen LogP contribution < -0.4 is 15.5 Å². The summed E-state index contributed by atoms with van der Waals surface area (Å²) >= 11 is 0. The fourth-order valence-electron chi connectivity index (χ4n) is 2.95. The summed E-state index contributed by atoms with van der Waals surface area (Å²) in [6, 6.07) is 8.68. The lowest BCUT2D eigenvalue weighted by Crippen LogP contribution is -2.45. The second kappa shape index (κ2) is 9.62. The number of benzene rings is 1. The van der Waals surface area contributed by atoms with E-state index in [0.29, 0.717) is 6.54 Å². The SMILES string of the molecule is CCNC(=NCc1ccc(N2CC=CC2)cc1)NCC(OC)C(C)(C)C. The number of guanidine groups is 1.